The Labute approximate surface area is 132 Å². The minimum absolute atomic E-state index is 0.133. The number of carboxylic acid groups (broad SMARTS) is 1. The highest BCUT2D eigenvalue weighted by molar-refractivity contribution is 5.88. The first-order valence-corrected chi connectivity index (χ1v) is 7.39. The fraction of sp³-hybridized carbons (Fsp3) is 0.667. The topological polar surface area (TPSA) is 119 Å². The lowest BCUT2D eigenvalue weighted by Gasteiger charge is -2.30. The Hall–Kier alpha value is -1.93. The molecular weight excluding hydrogens is 308 g/mol. The zero-order valence-electron chi connectivity index (χ0n) is 12.5. The number of aliphatic hydroxyl groups excluding tert-OH is 1. The van der Waals surface area contributed by atoms with Crippen LogP contribution in [0.15, 0.2) is 12.2 Å². The number of aliphatic hydroxyl groups is 1. The molecule has 2 aliphatic carbocycles. The number of esters is 2. The summed E-state index contributed by atoms with van der Waals surface area (Å²) in [5.74, 6) is -4.30. The van der Waals surface area contributed by atoms with Gasteiger partial charge in [0.2, 0.25) is 0 Å². The van der Waals surface area contributed by atoms with Crippen LogP contribution in [0.2, 0.25) is 0 Å². The largest absolute Gasteiger partial charge is 0.481 e. The quantitative estimate of drug-likeness (QED) is 0.522. The zero-order chi connectivity index (χ0) is 16.9. The molecule has 6 unspecified atom stereocenters. The average molecular weight is 326 g/mol. The monoisotopic (exact) mass is 326 g/mol. The van der Waals surface area contributed by atoms with Crippen LogP contribution >= 0.6 is 0 Å². The molecular formula is C15H18O8. The maximum atomic E-state index is 11.8. The maximum Gasteiger partial charge on any atom is 0.344 e. The van der Waals surface area contributed by atoms with Gasteiger partial charge in [-0.3, -0.25) is 4.79 Å². The minimum atomic E-state index is -1.15. The molecule has 0 aromatic heterocycles. The summed E-state index contributed by atoms with van der Waals surface area (Å²) in [4.78, 5) is 34.6. The van der Waals surface area contributed by atoms with E-state index in [4.69, 9.17) is 14.2 Å². The smallest absolute Gasteiger partial charge is 0.344 e. The van der Waals surface area contributed by atoms with Gasteiger partial charge < -0.3 is 24.4 Å². The van der Waals surface area contributed by atoms with Crippen molar-refractivity contribution in [1.29, 1.82) is 0 Å². The number of carbonyl (C=O) groups is 3. The molecule has 2 N–H and O–H groups in total. The number of ether oxygens (including phenoxy) is 3. The van der Waals surface area contributed by atoms with Gasteiger partial charge in [-0.15, -0.1) is 0 Å². The molecule has 1 heterocycles. The Kier molecular flexibility index (Phi) is 3.89. The number of fused-ring (bicyclic) bond motifs is 1. The lowest BCUT2D eigenvalue weighted by atomic mass is 9.78. The number of rotatable bonds is 5. The predicted molar refractivity (Wildman–Crippen MR) is 72.7 cm³/mol. The summed E-state index contributed by atoms with van der Waals surface area (Å²) in [6.07, 6.45) is -1.87. The van der Waals surface area contributed by atoms with Crippen molar-refractivity contribution >= 4 is 17.9 Å². The molecule has 3 rings (SSSR count). The van der Waals surface area contributed by atoms with Gasteiger partial charge in [-0.05, 0) is 19.3 Å². The van der Waals surface area contributed by atoms with E-state index in [0.717, 1.165) is 0 Å². The summed E-state index contributed by atoms with van der Waals surface area (Å²) in [5.41, 5.74) is 0.161. The summed E-state index contributed by atoms with van der Waals surface area (Å²) in [6, 6.07) is 0. The van der Waals surface area contributed by atoms with Crippen molar-refractivity contribution < 1.29 is 38.8 Å². The van der Waals surface area contributed by atoms with Gasteiger partial charge in [0.15, 0.2) is 12.9 Å². The van der Waals surface area contributed by atoms with E-state index >= 15 is 0 Å². The molecule has 0 radical (unpaired) electrons. The van der Waals surface area contributed by atoms with Crippen LogP contribution in [-0.4, -0.2) is 53.2 Å². The zero-order valence-corrected chi connectivity index (χ0v) is 12.5. The van der Waals surface area contributed by atoms with Crippen molar-refractivity contribution in [1.82, 2.24) is 0 Å². The van der Waals surface area contributed by atoms with Gasteiger partial charge in [-0.25, -0.2) is 9.59 Å². The molecule has 0 aromatic rings. The van der Waals surface area contributed by atoms with Gasteiger partial charge in [-0.1, -0.05) is 6.58 Å². The van der Waals surface area contributed by atoms with Crippen LogP contribution in [-0.2, 0) is 28.6 Å². The average Bonchev–Trinajstić information content (AvgIpc) is 3.07. The summed E-state index contributed by atoms with van der Waals surface area (Å²) in [5, 5.41) is 19.3. The van der Waals surface area contributed by atoms with E-state index in [1.807, 2.05) is 0 Å². The van der Waals surface area contributed by atoms with Crippen molar-refractivity contribution in [3.63, 3.8) is 0 Å². The molecule has 8 heteroatoms. The Balaban J connectivity index is 1.65. The van der Waals surface area contributed by atoms with Crippen LogP contribution in [0.1, 0.15) is 13.3 Å². The van der Waals surface area contributed by atoms with Crippen molar-refractivity contribution in [2.45, 2.75) is 31.8 Å². The summed E-state index contributed by atoms with van der Waals surface area (Å²) in [7, 11) is 0. The van der Waals surface area contributed by atoms with E-state index in [2.05, 4.69) is 6.58 Å². The highest BCUT2D eigenvalue weighted by atomic mass is 16.6. The van der Waals surface area contributed by atoms with Crippen molar-refractivity contribution in [2.75, 3.05) is 6.61 Å². The van der Waals surface area contributed by atoms with E-state index in [-0.39, 0.29) is 11.5 Å². The van der Waals surface area contributed by atoms with E-state index < -0.39 is 60.8 Å². The predicted octanol–water partition coefficient (Wildman–Crippen LogP) is -0.299. The molecule has 0 spiro atoms. The highest BCUT2D eigenvalue weighted by Gasteiger charge is 2.68. The third kappa shape index (κ3) is 2.51. The lowest BCUT2D eigenvalue weighted by molar-refractivity contribution is -0.173. The Bertz CT molecular complexity index is 570. The first kappa shape index (κ1) is 15.9. The maximum absolute atomic E-state index is 11.8. The van der Waals surface area contributed by atoms with Crippen LogP contribution in [0.5, 0.6) is 0 Å². The molecule has 3 fully saturated rings. The van der Waals surface area contributed by atoms with Gasteiger partial charge in [0.25, 0.3) is 0 Å². The second kappa shape index (κ2) is 5.61. The van der Waals surface area contributed by atoms with Gasteiger partial charge in [0.05, 0.1) is 5.92 Å². The summed E-state index contributed by atoms with van der Waals surface area (Å²) >= 11 is 0. The summed E-state index contributed by atoms with van der Waals surface area (Å²) < 4.78 is 15.4. The number of carbonyl (C=O) groups excluding carboxylic acids is 2. The van der Waals surface area contributed by atoms with Gasteiger partial charge in [0, 0.05) is 17.4 Å². The van der Waals surface area contributed by atoms with Crippen LogP contribution in [0.4, 0.5) is 0 Å². The fourth-order valence-corrected chi connectivity index (χ4v) is 4.10. The van der Waals surface area contributed by atoms with E-state index in [9.17, 15) is 24.6 Å². The molecule has 23 heavy (non-hydrogen) atoms. The van der Waals surface area contributed by atoms with E-state index in [0.29, 0.717) is 6.42 Å². The first-order valence-electron chi connectivity index (χ1n) is 7.39. The molecule has 1 aliphatic heterocycles. The van der Waals surface area contributed by atoms with E-state index in [1.165, 1.54) is 6.92 Å². The highest BCUT2D eigenvalue weighted by Crippen LogP contribution is 2.59. The van der Waals surface area contributed by atoms with Gasteiger partial charge in [-0.2, -0.15) is 0 Å². The fourth-order valence-electron chi connectivity index (χ4n) is 4.10. The van der Waals surface area contributed by atoms with Gasteiger partial charge in [0.1, 0.15) is 12.2 Å². The van der Waals surface area contributed by atoms with Gasteiger partial charge >= 0.3 is 17.9 Å². The Morgan fingerprint density at radius 2 is 2.00 bits per heavy atom. The Morgan fingerprint density at radius 1 is 1.30 bits per heavy atom. The van der Waals surface area contributed by atoms with Crippen molar-refractivity contribution in [3.05, 3.63) is 12.2 Å². The van der Waals surface area contributed by atoms with Crippen LogP contribution < -0.4 is 0 Å². The Morgan fingerprint density at radius 3 is 2.61 bits per heavy atom. The van der Waals surface area contributed by atoms with E-state index in [1.54, 1.807) is 0 Å². The third-order valence-corrected chi connectivity index (χ3v) is 4.93. The number of carboxylic acids is 1. The molecule has 0 aromatic carbocycles. The number of hydrogen-bond donors (Lipinski definition) is 2. The molecule has 3 aliphatic rings. The van der Waals surface area contributed by atoms with Crippen LogP contribution in [0.25, 0.3) is 0 Å². The normalized spacial score (nSPS) is 40.0. The SMILES string of the molecule is C=C(C)C(=O)OCC(=O)O[C@H]1C2CC3C(C(O)OC31)C2C(=O)O. The van der Waals surface area contributed by atoms with Crippen molar-refractivity contribution in [2.24, 2.45) is 23.7 Å². The molecule has 2 saturated carbocycles. The molecule has 2 bridgehead atoms. The molecule has 126 valence electrons. The molecule has 0 amide bonds. The number of hydrogen-bond acceptors (Lipinski definition) is 7. The first-order chi connectivity index (χ1) is 10.8. The summed E-state index contributed by atoms with van der Waals surface area (Å²) in [6.45, 7) is 4.28. The minimum Gasteiger partial charge on any atom is -0.481 e. The van der Waals surface area contributed by atoms with Crippen LogP contribution in [0, 0.1) is 23.7 Å². The number of aliphatic carboxylic acids is 1. The standard InChI is InChI=1S/C15H18O8/c1-5(2)14(19)21-4-8(16)22-11-6-3-7-10(9(6)13(17)18)15(20)23-12(7)11/h6-7,9-12,15,20H,1,3-4H2,2H3,(H,17,18)/t6?,7?,9?,10?,11-,12?,15?/m0/s1. The molecule has 7 atom stereocenters. The van der Waals surface area contributed by atoms with Crippen molar-refractivity contribution in [3.8, 4) is 0 Å². The molecule has 1 saturated heterocycles. The third-order valence-electron chi connectivity index (χ3n) is 4.93. The second-order valence-electron chi connectivity index (χ2n) is 6.31. The second-order valence-corrected chi connectivity index (χ2v) is 6.31. The molecule has 8 nitrogen and oxygen atoms in total. The van der Waals surface area contributed by atoms with Crippen LogP contribution in [0.3, 0.4) is 0 Å². The lowest BCUT2D eigenvalue weighted by Crippen LogP contribution is -2.43.